The first-order valence-electron chi connectivity index (χ1n) is 4.88. The van der Waals surface area contributed by atoms with Crippen molar-refractivity contribution >= 4 is 29.1 Å². The van der Waals surface area contributed by atoms with Crippen LogP contribution in [0.4, 0.5) is 11.8 Å². The second-order valence-corrected chi connectivity index (χ2v) is 3.47. The number of carboxylic acid groups (broad SMARTS) is 1. The van der Waals surface area contributed by atoms with Gasteiger partial charge in [0.15, 0.2) is 0 Å². The van der Waals surface area contributed by atoms with Crippen molar-refractivity contribution in [3.05, 3.63) is 23.3 Å². The Balaban J connectivity index is 0.000000437. The van der Waals surface area contributed by atoms with E-state index in [1.54, 1.807) is 0 Å². The molecule has 2 aromatic rings. The molecule has 0 saturated carbocycles. The summed E-state index contributed by atoms with van der Waals surface area (Å²) in [5.41, 5.74) is 14.4. The maximum Gasteiger partial charge on any atom is 0.290 e. The van der Waals surface area contributed by atoms with E-state index in [9.17, 15) is 0 Å². The van der Waals surface area contributed by atoms with E-state index in [0.717, 1.165) is 16.5 Å². The number of hydrogen-bond donors (Lipinski definition) is 3. The molecule has 0 radical (unpaired) electrons. The van der Waals surface area contributed by atoms with Crippen molar-refractivity contribution in [1.29, 1.82) is 0 Å². The van der Waals surface area contributed by atoms with E-state index in [1.165, 1.54) is 5.56 Å². The quantitative estimate of drug-likeness (QED) is 0.588. The minimum Gasteiger partial charge on any atom is -0.483 e. The van der Waals surface area contributed by atoms with Gasteiger partial charge in [0.2, 0.25) is 5.95 Å². The third kappa shape index (κ3) is 2.60. The maximum absolute atomic E-state index is 8.36. The van der Waals surface area contributed by atoms with Crippen LogP contribution in [0.3, 0.4) is 0 Å². The van der Waals surface area contributed by atoms with E-state index in [1.807, 2.05) is 26.0 Å². The topological polar surface area (TPSA) is 115 Å². The Bertz CT molecular complexity index is 555. The SMILES string of the molecule is Cc1ccc2nc(N)nc(N)c2c1C.O=CO. The van der Waals surface area contributed by atoms with Gasteiger partial charge in [0.1, 0.15) is 5.82 Å². The number of hydrogen-bond acceptors (Lipinski definition) is 5. The summed E-state index contributed by atoms with van der Waals surface area (Å²) in [6.45, 7) is 3.79. The number of benzene rings is 1. The van der Waals surface area contributed by atoms with E-state index in [0.29, 0.717) is 5.82 Å². The fraction of sp³-hybridized carbons (Fsp3) is 0.182. The van der Waals surface area contributed by atoms with E-state index in [-0.39, 0.29) is 12.4 Å². The number of anilines is 2. The fourth-order valence-electron chi connectivity index (χ4n) is 1.55. The lowest BCUT2D eigenvalue weighted by Gasteiger charge is -2.07. The van der Waals surface area contributed by atoms with Gasteiger partial charge in [-0.2, -0.15) is 4.98 Å². The second kappa shape index (κ2) is 5.11. The van der Waals surface area contributed by atoms with Crippen molar-refractivity contribution in [3.63, 3.8) is 0 Å². The molecule has 0 aliphatic carbocycles. The fourth-order valence-corrected chi connectivity index (χ4v) is 1.55. The third-order valence-electron chi connectivity index (χ3n) is 2.44. The molecular weight excluding hydrogens is 220 g/mol. The van der Waals surface area contributed by atoms with E-state index in [2.05, 4.69) is 9.97 Å². The number of nitrogens with two attached hydrogens (primary N) is 2. The average Bonchev–Trinajstić information content (AvgIpc) is 2.24. The number of rotatable bonds is 0. The Kier molecular flexibility index (Phi) is 3.82. The average molecular weight is 234 g/mol. The Hall–Kier alpha value is -2.37. The van der Waals surface area contributed by atoms with Gasteiger partial charge in [0.25, 0.3) is 6.47 Å². The van der Waals surface area contributed by atoms with E-state index < -0.39 is 0 Å². The minimum absolute atomic E-state index is 0.221. The van der Waals surface area contributed by atoms with Gasteiger partial charge in [0, 0.05) is 5.39 Å². The van der Waals surface area contributed by atoms with Crippen LogP contribution in [0.15, 0.2) is 12.1 Å². The number of carbonyl (C=O) groups is 1. The number of nitrogen functional groups attached to an aromatic ring is 2. The van der Waals surface area contributed by atoms with Crippen LogP contribution in [0.2, 0.25) is 0 Å². The highest BCUT2D eigenvalue weighted by Gasteiger charge is 2.07. The molecule has 6 heteroatoms. The highest BCUT2D eigenvalue weighted by Crippen LogP contribution is 2.24. The molecule has 1 aromatic heterocycles. The molecule has 0 atom stereocenters. The maximum atomic E-state index is 8.36. The van der Waals surface area contributed by atoms with E-state index >= 15 is 0 Å². The normalized spacial score (nSPS) is 9.53. The monoisotopic (exact) mass is 234 g/mol. The lowest BCUT2D eigenvalue weighted by atomic mass is 10.0. The van der Waals surface area contributed by atoms with Crippen molar-refractivity contribution in [1.82, 2.24) is 9.97 Å². The second-order valence-electron chi connectivity index (χ2n) is 3.47. The van der Waals surface area contributed by atoms with Crippen LogP contribution in [0, 0.1) is 13.8 Å². The zero-order chi connectivity index (χ0) is 13.0. The predicted octanol–water partition coefficient (Wildman–Crippen LogP) is 1.11. The van der Waals surface area contributed by atoms with Crippen molar-refractivity contribution in [3.8, 4) is 0 Å². The largest absolute Gasteiger partial charge is 0.483 e. The van der Waals surface area contributed by atoms with Crippen LogP contribution >= 0.6 is 0 Å². The summed E-state index contributed by atoms with van der Waals surface area (Å²) in [6.07, 6.45) is 0. The molecule has 0 amide bonds. The number of aryl methyl sites for hydroxylation is 2. The van der Waals surface area contributed by atoms with Gasteiger partial charge in [-0.15, -0.1) is 0 Å². The first kappa shape index (κ1) is 12.7. The zero-order valence-corrected chi connectivity index (χ0v) is 9.64. The van der Waals surface area contributed by atoms with Crippen molar-refractivity contribution in [2.75, 3.05) is 11.5 Å². The van der Waals surface area contributed by atoms with Gasteiger partial charge in [-0.3, -0.25) is 4.79 Å². The Labute approximate surface area is 98.3 Å². The van der Waals surface area contributed by atoms with Crippen LogP contribution in [-0.2, 0) is 4.79 Å². The lowest BCUT2D eigenvalue weighted by molar-refractivity contribution is -0.122. The Morgan fingerprint density at radius 1 is 1.24 bits per heavy atom. The number of fused-ring (bicyclic) bond motifs is 1. The van der Waals surface area contributed by atoms with Crippen molar-refractivity contribution in [2.24, 2.45) is 0 Å². The van der Waals surface area contributed by atoms with Crippen molar-refractivity contribution < 1.29 is 9.90 Å². The summed E-state index contributed by atoms with van der Waals surface area (Å²) in [5.74, 6) is 0.673. The van der Waals surface area contributed by atoms with Gasteiger partial charge in [-0.05, 0) is 31.0 Å². The van der Waals surface area contributed by atoms with Crippen LogP contribution in [0.5, 0.6) is 0 Å². The molecule has 5 N–H and O–H groups in total. The van der Waals surface area contributed by atoms with Crippen LogP contribution in [0.25, 0.3) is 10.9 Å². The van der Waals surface area contributed by atoms with Crippen LogP contribution < -0.4 is 11.5 Å². The smallest absolute Gasteiger partial charge is 0.290 e. The molecule has 17 heavy (non-hydrogen) atoms. The summed E-state index contributed by atoms with van der Waals surface area (Å²) >= 11 is 0. The predicted molar refractivity (Wildman–Crippen MR) is 66.5 cm³/mol. The summed E-state index contributed by atoms with van der Waals surface area (Å²) in [7, 11) is 0. The molecule has 0 unspecified atom stereocenters. The van der Waals surface area contributed by atoms with Gasteiger partial charge in [0.05, 0.1) is 5.52 Å². The molecule has 6 nitrogen and oxygen atoms in total. The molecule has 1 heterocycles. The molecule has 2 rings (SSSR count). The number of nitrogens with zero attached hydrogens (tertiary/aromatic N) is 2. The Morgan fingerprint density at radius 2 is 1.82 bits per heavy atom. The highest BCUT2D eigenvalue weighted by atomic mass is 16.3. The minimum atomic E-state index is -0.250. The molecule has 1 aromatic carbocycles. The molecule has 90 valence electrons. The summed E-state index contributed by atoms with van der Waals surface area (Å²) < 4.78 is 0. The van der Waals surface area contributed by atoms with Gasteiger partial charge >= 0.3 is 0 Å². The first-order chi connectivity index (χ1) is 8.01. The Morgan fingerprint density at radius 3 is 2.41 bits per heavy atom. The molecule has 0 aliphatic heterocycles. The van der Waals surface area contributed by atoms with Crippen LogP contribution in [0.1, 0.15) is 11.1 Å². The van der Waals surface area contributed by atoms with Gasteiger partial charge in [-0.1, -0.05) is 6.07 Å². The van der Waals surface area contributed by atoms with Gasteiger partial charge < -0.3 is 16.6 Å². The first-order valence-corrected chi connectivity index (χ1v) is 4.88. The van der Waals surface area contributed by atoms with E-state index in [4.69, 9.17) is 21.4 Å². The summed E-state index contributed by atoms with van der Waals surface area (Å²) in [4.78, 5) is 16.4. The molecule has 0 bridgehead atoms. The van der Waals surface area contributed by atoms with Crippen LogP contribution in [-0.4, -0.2) is 21.5 Å². The van der Waals surface area contributed by atoms with Gasteiger partial charge in [-0.25, -0.2) is 4.98 Å². The third-order valence-corrected chi connectivity index (χ3v) is 2.44. The molecule has 0 saturated heterocycles. The number of aromatic nitrogens is 2. The standard InChI is InChI=1S/C10H12N4.CH2O2/c1-5-3-4-7-8(6(5)2)9(11)14-10(12)13-7;2-1-3/h3-4H,1-2H3,(H4,11,12,13,14);1H,(H,2,3). The highest BCUT2D eigenvalue weighted by molar-refractivity contribution is 5.92. The molecule has 0 spiro atoms. The molecular formula is C11H14N4O2. The lowest BCUT2D eigenvalue weighted by Crippen LogP contribution is -2.02. The summed E-state index contributed by atoms with van der Waals surface area (Å²) in [6, 6.07) is 3.91. The van der Waals surface area contributed by atoms with Crippen molar-refractivity contribution in [2.45, 2.75) is 13.8 Å². The summed E-state index contributed by atoms with van der Waals surface area (Å²) in [5, 5.41) is 7.79. The molecule has 0 aliphatic rings. The molecule has 0 fully saturated rings. The zero-order valence-electron chi connectivity index (χ0n) is 9.64.